The predicted octanol–water partition coefficient (Wildman–Crippen LogP) is 0.438. The minimum absolute atomic E-state index is 0.207. The van der Waals surface area contributed by atoms with E-state index in [0.717, 1.165) is 12.2 Å². The summed E-state index contributed by atoms with van der Waals surface area (Å²) >= 11 is 1.56. The number of carbonyl (C=O) groups is 2. The van der Waals surface area contributed by atoms with Crippen molar-refractivity contribution in [1.29, 1.82) is 0 Å². The Hall–Kier alpha value is -0.750. The summed E-state index contributed by atoms with van der Waals surface area (Å²) in [4.78, 5) is 22.2. The van der Waals surface area contributed by atoms with Crippen molar-refractivity contribution in [2.45, 2.75) is 31.7 Å². The molecule has 0 spiro atoms. The van der Waals surface area contributed by atoms with Crippen molar-refractivity contribution in [3.8, 4) is 0 Å². The number of carboxylic acids is 1. The second-order valence-electron chi connectivity index (χ2n) is 3.49. The van der Waals surface area contributed by atoms with Crippen LogP contribution in [0.15, 0.2) is 0 Å². The van der Waals surface area contributed by atoms with Gasteiger partial charge in [-0.25, -0.2) is 4.79 Å². The fourth-order valence-corrected chi connectivity index (χ4v) is 1.66. The zero-order valence-corrected chi connectivity index (χ0v) is 10.4. The molecule has 0 aliphatic rings. The first-order valence-corrected chi connectivity index (χ1v) is 6.72. The van der Waals surface area contributed by atoms with E-state index in [1.54, 1.807) is 11.8 Å². The van der Waals surface area contributed by atoms with Gasteiger partial charge in [-0.05, 0) is 37.8 Å². The van der Waals surface area contributed by atoms with Crippen LogP contribution in [-0.2, 0) is 9.59 Å². The molecule has 0 aliphatic heterocycles. The van der Waals surface area contributed by atoms with E-state index >= 15 is 0 Å². The van der Waals surface area contributed by atoms with Crippen LogP contribution in [0.2, 0.25) is 0 Å². The fraction of sp³-hybridized carbons (Fsp3) is 0.800. The van der Waals surface area contributed by atoms with Gasteiger partial charge in [-0.1, -0.05) is 0 Å². The van der Waals surface area contributed by atoms with Crippen LogP contribution in [0, 0.1) is 0 Å². The number of nitrogens with two attached hydrogens (primary N) is 1. The van der Waals surface area contributed by atoms with Crippen LogP contribution >= 0.6 is 11.8 Å². The zero-order chi connectivity index (χ0) is 12.4. The van der Waals surface area contributed by atoms with E-state index in [1.165, 1.54) is 0 Å². The highest BCUT2D eigenvalue weighted by molar-refractivity contribution is 7.98. The Kier molecular flexibility index (Phi) is 9.03. The van der Waals surface area contributed by atoms with Crippen LogP contribution in [0.3, 0.4) is 0 Å². The lowest BCUT2D eigenvalue weighted by Crippen LogP contribution is -2.41. The molecule has 0 saturated carbocycles. The lowest BCUT2D eigenvalue weighted by atomic mass is 10.2. The molecular formula is C10H20N2O3S. The highest BCUT2D eigenvalue weighted by Gasteiger charge is 2.18. The standard InChI is InChI=1S/C10H20N2O3S/c1-16-7-5-8(10(14)15)12-9(13)4-2-3-6-11/h8H,2-7,11H2,1H3,(H,12,13)(H,14,15)/t8-/m1/s1. The van der Waals surface area contributed by atoms with E-state index in [1.807, 2.05) is 6.26 Å². The van der Waals surface area contributed by atoms with E-state index in [4.69, 9.17) is 10.8 Å². The van der Waals surface area contributed by atoms with E-state index in [2.05, 4.69) is 5.32 Å². The Labute approximate surface area is 100 Å². The number of unbranched alkanes of at least 4 members (excludes halogenated alkanes) is 1. The number of aliphatic carboxylic acids is 1. The summed E-state index contributed by atoms with van der Waals surface area (Å²) in [5.74, 6) is -0.455. The van der Waals surface area contributed by atoms with Crippen molar-refractivity contribution in [2.24, 2.45) is 5.73 Å². The highest BCUT2D eigenvalue weighted by atomic mass is 32.2. The second-order valence-corrected chi connectivity index (χ2v) is 4.47. The van der Waals surface area contributed by atoms with Gasteiger partial charge in [-0.2, -0.15) is 11.8 Å². The molecule has 16 heavy (non-hydrogen) atoms. The van der Waals surface area contributed by atoms with Crippen LogP contribution in [0.25, 0.3) is 0 Å². The maximum Gasteiger partial charge on any atom is 0.326 e. The highest BCUT2D eigenvalue weighted by Crippen LogP contribution is 2.02. The SMILES string of the molecule is CSCC[C@@H](NC(=O)CCCCN)C(=O)O. The molecular weight excluding hydrogens is 228 g/mol. The summed E-state index contributed by atoms with van der Waals surface area (Å²) in [7, 11) is 0. The van der Waals surface area contributed by atoms with Gasteiger partial charge in [0.2, 0.25) is 5.91 Å². The van der Waals surface area contributed by atoms with Crippen molar-refractivity contribution in [3.05, 3.63) is 0 Å². The second kappa shape index (κ2) is 9.47. The molecule has 0 unspecified atom stereocenters. The Morgan fingerprint density at radius 3 is 2.62 bits per heavy atom. The van der Waals surface area contributed by atoms with Crippen LogP contribution in [0.4, 0.5) is 0 Å². The summed E-state index contributed by atoms with van der Waals surface area (Å²) in [5.41, 5.74) is 5.30. The maximum absolute atomic E-state index is 11.4. The molecule has 0 bridgehead atoms. The van der Waals surface area contributed by atoms with Crippen LogP contribution in [0.5, 0.6) is 0 Å². The zero-order valence-electron chi connectivity index (χ0n) is 9.57. The predicted molar refractivity (Wildman–Crippen MR) is 65.5 cm³/mol. The monoisotopic (exact) mass is 248 g/mol. The van der Waals surface area contributed by atoms with E-state index < -0.39 is 12.0 Å². The van der Waals surface area contributed by atoms with Crippen LogP contribution in [-0.4, -0.2) is 41.6 Å². The number of thioether (sulfide) groups is 1. The summed E-state index contributed by atoms with van der Waals surface area (Å²) < 4.78 is 0. The summed E-state index contributed by atoms with van der Waals surface area (Å²) in [6, 6.07) is -0.766. The molecule has 0 fully saturated rings. The number of rotatable bonds is 9. The van der Waals surface area contributed by atoms with Gasteiger partial charge in [-0.3, -0.25) is 4.79 Å². The third-order valence-corrected chi connectivity index (χ3v) is 2.75. The number of carboxylic acid groups (broad SMARTS) is 1. The molecule has 0 heterocycles. The van der Waals surface area contributed by atoms with Gasteiger partial charge in [0.15, 0.2) is 0 Å². The molecule has 0 aromatic rings. The largest absolute Gasteiger partial charge is 0.480 e. The number of nitrogens with one attached hydrogen (secondary N) is 1. The number of amides is 1. The molecule has 0 aromatic carbocycles. The molecule has 5 nitrogen and oxygen atoms in total. The number of carbonyl (C=O) groups excluding carboxylic acids is 1. The first kappa shape index (κ1) is 15.2. The van der Waals surface area contributed by atoms with Gasteiger partial charge in [0, 0.05) is 6.42 Å². The minimum Gasteiger partial charge on any atom is -0.480 e. The Morgan fingerprint density at radius 1 is 1.44 bits per heavy atom. The smallest absolute Gasteiger partial charge is 0.326 e. The maximum atomic E-state index is 11.4. The molecule has 0 rings (SSSR count). The first-order valence-electron chi connectivity index (χ1n) is 5.33. The van der Waals surface area contributed by atoms with Crippen LogP contribution in [0.1, 0.15) is 25.7 Å². The molecule has 6 heteroatoms. The lowest BCUT2D eigenvalue weighted by molar-refractivity contribution is -0.141. The molecule has 0 aromatic heterocycles. The molecule has 1 atom stereocenters. The molecule has 0 saturated heterocycles. The minimum atomic E-state index is -0.971. The normalized spacial score (nSPS) is 12.1. The summed E-state index contributed by atoms with van der Waals surface area (Å²) in [6.45, 7) is 0.558. The number of hydrogen-bond acceptors (Lipinski definition) is 4. The third kappa shape index (κ3) is 7.53. The number of hydrogen-bond donors (Lipinski definition) is 3. The topological polar surface area (TPSA) is 92.4 Å². The average molecular weight is 248 g/mol. The van der Waals surface area contributed by atoms with Crippen molar-refractivity contribution >= 4 is 23.6 Å². The molecule has 4 N–H and O–H groups in total. The van der Waals surface area contributed by atoms with Gasteiger partial charge in [-0.15, -0.1) is 0 Å². The van der Waals surface area contributed by atoms with Crippen LogP contribution < -0.4 is 11.1 Å². The van der Waals surface area contributed by atoms with Gasteiger partial charge in [0.05, 0.1) is 0 Å². The summed E-state index contributed by atoms with van der Waals surface area (Å²) in [6.07, 6.45) is 4.20. The van der Waals surface area contributed by atoms with Crippen molar-refractivity contribution < 1.29 is 14.7 Å². The van der Waals surface area contributed by atoms with Gasteiger partial charge in [0.1, 0.15) is 6.04 Å². The fourth-order valence-electron chi connectivity index (χ4n) is 1.19. The molecule has 0 aliphatic carbocycles. The quantitative estimate of drug-likeness (QED) is 0.515. The van der Waals surface area contributed by atoms with Crippen molar-refractivity contribution in [3.63, 3.8) is 0 Å². The Balaban J connectivity index is 3.88. The van der Waals surface area contributed by atoms with Gasteiger partial charge in [0.25, 0.3) is 0 Å². The molecule has 94 valence electrons. The first-order chi connectivity index (χ1) is 7.61. The van der Waals surface area contributed by atoms with Crippen molar-refractivity contribution in [1.82, 2.24) is 5.32 Å². The van der Waals surface area contributed by atoms with E-state index in [9.17, 15) is 9.59 Å². The summed E-state index contributed by atoms with van der Waals surface area (Å²) in [5, 5.41) is 11.4. The van der Waals surface area contributed by atoms with Gasteiger partial charge >= 0.3 is 5.97 Å². The van der Waals surface area contributed by atoms with E-state index in [-0.39, 0.29) is 5.91 Å². The molecule has 1 amide bonds. The lowest BCUT2D eigenvalue weighted by Gasteiger charge is -2.13. The Bertz CT molecular complexity index is 224. The molecule has 0 radical (unpaired) electrons. The van der Waals surface area contributed by atoms with Gasteiger partial charge < -0.3 is 16.2 Å². The average Bonchev–Trinajstić information content (AvgIpc) is 2.24. The Morgan fingerprint density at radius 2 is 2.12 bits per heavy atom. The third-order valence-electron chi connectivity index (χ3n) is 2.10. The van der Waals surface area contributed by atoms with E-state index in [0.29, 0.717) is 25.8 Å². The van der Waals surface area contributed by atoms with Crippen molar-refractivity contribution in [2.75, 3.05) is 18.6 Å².